The number of aromatic carboxylic acids is 1. The number of nitrogens with zero attached hydrogens (tertiary/aromatic N) is 4. The van der Waals surface area contributed by atoms with Crippen molar-refractivity contribution in [2.24, 2.45) is 0 Å². The van der Waals surface area contributed by atoms with Gasteiger partial charge >= 0.3 is 12.1 Å². The number of fused-ring (bicyclic) bond motifs is 1. The molecule has 0 fully saturated rings. The van der Waals surface area contributed by atoms with Crippen LogP contribution in [0, 0.1) is 19.7 Å². The number of aryl methyl sites for hydroxylation is 2. The van der Waals surface area contributed by atoms with Crippen LogP contribution in [0.15, 0.2) is 59.4 Å². The van der Waals surface area contributed by atoms with Gasteiger partial charge in [-0.3, -0.25) is 9.97 Å². The van der Waals surface area contributed by atoms with E-state index in [9.17, 15) is 27.5 Å². The maximum absolute atomic E-state index is 14.8. The van der Waals surface area contributed by atoms with Gasteiger partial charge in [-0.1, -0.05) is 17.3 Å². The van der Waals surface area contributed by atoms with E-state index in [-0.39, 0.29) is 22.2 Å². The SMILES string of the molecule is Cc1noc(C)c1-c1cnc2c(-c3ccc(C(=O)O)c(F)c3)c(C(F)(F)F)n([C@@H](C)c3ccccn3)c2c1. The summed E-state index contributed by atoms with van der Waals surface area (Å²) in [5.41, 5.74) is -0.121. The number of carbonyl (C=O) groups is 1. The van der Waals surface area contributed by atoms with Gasteiger partial charge in [-0.2, -0.15) is 13.2 Å². The number of hydrogen-bond donors (Lipinski definition) is 1. The predicted molar refractivity (Wildman–Crippen MR) is 130 cm³/mol. The molecule has 11 heteroatoms. The Morgan fingerprint density at radius 2 is 1.82 bits per heavy atom. The molecule has 0 spiro atoms. The van der Waals surface area contributed by atoms with Crippen LogP contribution in [-0.4, -0.2) is 30.8 Å². The molecule has 38 heavy (non-hydrogen) atoms. The molecule has 5 aromatic rings. The third kappa shape index (κ3) is 4.09. The lowest BCUT2D eigenvalue weighted by Crippen LogP contribution is -2.19. The molecule has 194 valence electrons. The molecular formula is C27H20F4N4O3. The number of halogens is 4. The molecule has 7 nitrogen and oxygen atoms in total. The Morgan fingerprint density at radius 3 is 2.39 bits per heavy atom. The molecule has 0 unspecified atom stereocenters. The first-order chi connectivity index (χ1) is 18.0. The molecule has 0 amide bonds. The van der Waals surface area contributed by atoms with E-state index in [0.717, 1.165) is 22.8 Å². The molecule has 0 radical (unpaired) electrons. The van der Waals surface area contributed by atoms with Crippen LogP contribution in [-0.2, 0) is 6.18 Å². The zero-order valence-corrected chi connectivity index (χ0v) is 20.3. The maximum atomic E-state index is 14.8. The fourth-order valence-electron chi connectivity index (χ4n) is 4.77. The fraction of sp³-hybridized carbons (Fsp3) is 0.185. The van der Waals surface area contributed by atoms with Crippen LogP contribution in [0.3, 0.4) is 0 Å². The van der Waals surface area contributed by atoms with Gasteiger partial charge in [-0.05, 0) is 56.7 Å². The number of carboxylic acids is 1. The number of carboxylic acid groups (broad SMARTS) is 1. The average Bonchev–Trinajstić information content (AvgIpc) is 3.40. The van der Waals surface area contributed by atoms with Crippen molar-refractivity contribution in [3.8, 4) is 22.3 Å². The van der Waals surface area contributed by atoms with E-state index < -0.39 is 35.3 Å². The van der Waals surface area contributed by atoms with Gasteiger partial charge < -0.3 is 14.2 Å². The molecule has 0 aliphatic carbocycles. The molecule has 1 atom stereocenters. The highest BCUT2D eigenvalue weighted by atomic mass is 19.4. The Labute approximate surface area is 213 Å². The number of hydrogen-bond acceptors (Lipinski definition) is 5. The second kappa shape index (κ2) is 9.09. The van der Waals surface area contributed by atoms with Gasteiger partial charge in [0.1, 0.15) is 17.3 Å². The van der Waals surface area contributed by atoms with Gasteiger partial charge in [-0.15, -0.1) is 0 Å². The smallest absolute Gasteiger partial charge is 0.432 e. The fourth-order valence-corrected chi connectivity index (χ4v) is 4.77. The van der Waals surface area contributed by atoms with E-state index in [1.54, 1.807) is 45.0 Å². The summed E-state index contributed by atoms with van der Waals surface area (Å²) in [6.07, 6.45) is -1.99. The molecule has 4 heterocycles. The van der Waals surface area contributed by atoms with E-state index in [1.807, 2.05) is 0 Å². The van der Waals surface area contributed by atoms with Crippen molar-refractivity contribution in [3.05, 3.63) is 89.1 Å². The highest BCUT2D eigenvalue weighted by Gasteiger charge is 2.42. The Hall–Kier alpha value is -4.54. The van der Waals surface area contributed by atoms with Crippen molar-refractivity contribution in [2.45, 2.75) is 33.0 Å². The minimum Gasteiger partial charge on any atom is -0.478 e. The van der Waals surface area contributed by atoms with Crippen molar-refractivity contribution in [3.63, 3.8) is 0 Å². The van der Waals surface area contributed by atoms with Gasteiger partial charge in [-0.25, -0.2) is 9.18 Å². The summed E-state index contributed by atoms with van der Waals surface area (Å²) < 4.78 is 65.5. The van der Waals surface area contributed by atoms with Gasteiger partial charge in [0.25, 0.3) is 0 Å². The normalized spacial score (nSPS) is 12.7. The van der Waals surface area contributed by atoms with E-state index in [2.05, 4.69) is 15.1 Å². The van der Waals surface area contributed by atoms with Gasteiger partial charge in [0.05, 0.1) is 34.0 Å². The molecule has 1 N–H and O–H groups in total. The van der Waals surface area contributed by atoms with Crippen molar-refractivity contribution >= 4 is 17.0 Å². The number of alkyl halides is 3. The van der Waals surface area contributed by atoms with Crippen molar-refractivity contribution < 1.29 is 32.0 Å². The summed E-state index contributed by atoms with van der Waals surface area (Å²) in [4.78, 5) is 20.0. The summed E-state index contributed by atoms with van der Waals surface area (Å²) >= 11 is 0. The van der Waals surface area contributed by atoms with E-state index in [0.29, 0.717) is 28.3 Å². The summed E-state index contributed by atoms with van der Waals surface area (Å²) in [7, 11) is 0. The molecule has 0 aliphatic heterocycles. The molecule has 0 saturated carbocycles. The van der Waals surface area contributed by atoms with E-state index in [4.69, 9.17) is 4.52 Å². The monoisotopic (exact) mass is 524 g/mol. The lowest BCUT2D eigenvalue weighted by Gasteiger charge is -2.21. The molecule has 4 aromatic heterocycles. The largest absolute Gasteiger partial charge is 0.478 e. The number of benzene rings is 1. The summed E-state index contributed by atoms with van der Waals surface area (Å²) in [6, 6.07) is 8.49. The first kappa shape index (κ1) is 25.1. The van der Waals surface area contributed by atoms with Crippen molar-refractivity contribution in [2.75, 3.05) is 0 Å². The van der Waals surface area contributed by atoms with Crippen LogP contribution in [0.4, 0.5) is 17.6 Å². The molecule has 0 aliphatic rings. The zero-order chi connectivity index (χ0) is 27.4. The molecule has 0 bridgehead atoms. The van der Waals surface area contributed by atoms with Crippen LogP contribution >= 0.6 is 0 Å². The van der Waals surface area contributed by atoms with Crippen LogP contribution in [0.25, 0.3) is 33.3 Å². The van der Waals surface area contributed by atoms with Crippen LogP contribution < -0.4 is 0 Å². The third-order valence-corrected chi connectivity index (χ3v) is 6.42. The third-order valence-electron chi connectivity index (χ3n) is 6.42. The maximum Gasteiger partial charge on any atom is 0.432 e. The van der Waals surface area contributed by atoms with Crippen LogP contribution in [0.1, 0.15) is 46.2 Å². The Kier molecular flexibility index (Phi) is 6.01. The Bertz CT molecular complexity index is 1670. The Morgan fingerprint density at radius 1 is 1.05 bits per heavy atom. The summed E-state index contributed by atoms with van der Waals surface area (Å²) in [5, 5.41) is 13.1. The molecule has 1 aromatic carbocycles. The van der Waals surface area contributed by atoms with E-state index in [1.165, 1.54) is 12.4 Å². The zero-order valence-electron chi connectivity index (χ0n) is 20.3. The number of pyridine rings is 2. The minimum atomic E-state index is -4.88. The van der Waals surface area contributed by atoms with Crippen molar-refractivity contribution in [1.29, 1.82) is 0 Å². The van der Waals surface area contributed by atoms with Crippen LogP contribution in [0.5, 0.6) is 0 Å². The predicted octanol–water partition coefficient (Wildman–Crippen LogP) is 6.84. The highest BCUT2D eigenvalue weighted by Crippen LogP contribution is 2.46. The summed E-state index contributed by atoms with van der Waals surface area (Å²) in [6.45, 7) is 4.98. The minimum absolute atomic E-state index is 0.0295. The summed E-state index contributed by atoms with van der Waals surface area (Å²) in [5.74, 6) is -2.21. The second-order valence-corrected chi connectivity index (χ2v) is 8.81. The lowest BCUT2D eigenvalue weighted by molar-refractivity contribution is -0.143. The van der Waals surface area contributed by atoms with E-state index >= 15 is 0 Å². The topological polar surface area (TPSA) is 94.0 Å². The number of aromatic nitrogens is 4. The Balaban J connectivity index is 1.89. The number of rotatable bonds is 5. The molecular weight excluding hydrogens is 504 g/mol. The second-order valence-electron chi connectivity index (χ2n) is 8.81. The molecule has 5 rings (SSSR count). The standard InChI is InChI=1S/C27H20F4N4O3/c1-13-22(15(3)38-34-13)17-11-21-24(33-12-17)23(16-7-8-18(26(36)37)19(28)10-16)25(27(29,30)31)35(21)14(2)20-6-4-5-9-32-20/h4-12,14H,1-3H3,(H,36,37)/t14-/m0/s1. The quantitative estimate of drug-likeness (QED) is 0.253. The first-order valence-electron chi connectivity index (χ1n) is 11.5. The van der Waals surface area contributed by atoms with Crippen LogP contribution in [0.2, 0.25) is 0 Å². The van der Waals surface area contributed by atoms with Crippen molar-refractivity contribution in [1.82, 2.24) is 19.7 Å². The van der Waals surface area contributed by atoms with Gasteiger partial charge in [0.2, 0.25) is 0 Å². The lowest BCUT2D eigenvalue weighted by atomic mass is 10.0. The molecule has 0 saturated heterocycles. The average molecular weight is 524 g/mol. The highest BCUT2D eigenvalue weighted by molar-refractivity contribution is 5.98. The first-order valence-corrected chi connectivity index (χ1v) is 11.5. The van der Waals surface area contributed by atoms with Gasteiger partial charge in [0, 0.05) is 29.1 Å². The van der Waals surface area contributed by atoms with Gasteiger partial charge in [0.15, 0.2) is 0 Å².